The third-order valence-corrected chi connectivity index (χ3v) is 3.37. The number of nitrogens with zero attached hydrogens (tertiary/aromatic N) is 1. The molecule has 0 unspecified atom stereocenters. The second-order valence-electron chi connectivity index (χ2n) is 4.72. The van der Waals surface area contributed by atoms with Gasteiger partial charge < -0.3 is 9.88 Å². The Hall–Kier alpha value is -0.900. The predicted octanol–water partition coefficient (Wildman–Crippen LogP) is 2.29. The molecular formula is C12H20N2OS. The first-order valence-corrected chi connectivity index (χ1v) is 6.42. The maximum atomic E-state index is 11.7. The number of hydrogen-bond donors (Lipinski definition) is 1. The number of hydrogen-bond acceptors (Lipinski definition) is 2. The fourth-order valence-electron chi connectivity index (χ4n) is 1.31. The number of carbonyl (C=O) groups excluding carboxylic acids is 1. The number of rotatable bonds is 4. The van der Waals surface area contributed by atoms with Gasteiger partial charge in [-0.1, -0.05) is 20.8 Å². The highest BCUT2D eigenvalue weighted by Gasteiger charge is 2.11. The highest BCUT2D eigenvalue weighted by atomic mass is 32.2. The van der Waals surface area contributed by atoms with Crippen LogP contribution in [0, 0.1) is 0 Å². The molecule has 4 heteroatoms. The molecule has 1 amide bonds. The van der Waals surface area contributed by atoms with Crippen LogP contribution in [0.1, 0.15) is 31.3 Å². The van der Waals surface area contributed by atoms with Gasteiger partial charge in [0, 0.05) is 30.3 Å². The molecule has 16 heavy (non-hydrogen) atoms. The van der Waals surface area contributed by atoms with Crippen LogP contribution >= 0.6 is 11.8 Å². The Balaban J connectivity index is 2.29. The monoisotopic (exact) mass is 240 g/mol. The molecule has 0 aliphatic rings. The highest BCUT2D eigenvalue weighted by molar-refractivity contribution is 8.00. The van der Waals surface area contributed by atoms with Crippen molar-refractivity contribution < 1.29 is 4.79 Å². The molecule has 0 atom stereocenters. The van der Waals surface area contributed by atoms with Crippen molar-refractivity contribution in [1.29, 1.82) is 0 Å². The lowest BCUT2D eigenvalue weighted by atomic mass is 10.3. The van der Waals surface area contributed by atoms with Gasteiger partial charge in [0.1, 0.15) is 5.69 Å². The molecule has 90 valence electrons. The molecule has 0 radical (unpaired) electrons. The molecule has 1 rings (SSSR count). The summed E-state index contributed by atoms with van der Waals surface area (Å²) in [7, 11) is 1.87. The molecule has 1 heterocycles. The van der Waals surface area contributed by atoms with E-state index in [4.69, 9.17) is 0 Å². The molecule has 0 spiro atoms. The highest BCUT2D eigenvalue weighted by Crippen LogP contribution is 2.21. The van der Waals surface area contributed by atoms with E-state index in [9.17, 15) is 4.79 Å². The average molecular weight is 240 g/mol. The van der Waals surface area contributed by atoms with Crippen molar-refractivity contribution in [1.82, 2.24) is 9.88 Å². The Kier molecular flexibility index (Phi) is 4.47. The van der Waals surface area contributed by atoms with E-state index in [-0.39, 0.29) is 10.7 Å². The first kappa shape index (κ1) is 13.2. The summed E-state index contributed by atoms with van der Waals surface area (Å²) in [5, 5.41) is 2.92. The number of aromatic nitrogens is 1. The molecule has 0 aliphatic carbocycles. The van der Waals surface area contributed by atoms with E-state index < -0.39 is 0 Å². The number of amides is 1. The lowest BCUT2D eigenvalue weighted by Gasteiger charge is -2.17. The van der Waals surface area contributed by atoms with E-state index in [2.05, 4.69) is 26.1 Å². The third kappa shape index (κ3) is 4.31. The molecule has 0 aliphatic heterocycles. The Labute approximate surface area is 102 Å². The van der Waals surface area contributed by atoms with Gasteiger partial charge in [-0.05, 0) is 12.1 Å². The summed E-state index contributed by atoms with van der Waals surface area (Å²) in [6.45, 7) is 7.25. The standard InChI is InChI=1S/C12H20N2OS/c1-12(2,3)16-9-7-13-11(15)10-6-5-8-14(10)4/h5-6,8H,7,9H2,1-4H3,(H,13,15). The minimum Gasteiger partial charge on any atom is -0.350 e. The molecular weight excluding hydrogens is 220 g/mol. The fourth-order valence-corrected chi connectivity index (χ4v) is 2.13. The van der Waals surface area contributed by atoms with Crippen LogP contribution < -0.4 is 5.32 Å². The molecule has 0 saturated heterocycles. The SMILES string of the molecule is Cn1cccc1C(=O)NCCSC(C)(C)C. The van der Waals surface area contributed by atoms with Gasteiger partial charge in [-0.25, -0.2) is 0 Å². The van der Waals surface area contributed by atoms with E-state index in [1.165, 1.54) is 0 Å². The molecule has 1 aromatic rings. The first-order chi connectivity index (χ1) is 7.40. The maximum Gasteiger partial charge on any atom is 0.267 e. The molecule has 0 saturated carbocycles. The van der Waals surface area contributed by atoms with Gasteiger partial charge in [0.15, 0.2) is 0 Å². The van der Waals surface area contributed by atoms with E-state index in [0.29, 0.717) is 12.2 Å². The summed E-state index contributed by atoms with van der Waals surface area (Å²) in [5.41, 5.74) is 0.709. The van der Waals surface area contributed by atoms with Crippen LogP contribution in [-0.2, 0) is 7.05 Å². The quantitative estimate of drug-likeness (QED) is 0.819. The largest absolute Gasteiger partial charge is 0.350 e. The van der Waals surface area contributed by atoms with E-state index >= 15 is 0 Å². The van der Waals surface area contributed by atoms with Crippen LogP contribution in [0.2, 0.25) is 0 Å². The van der Waals surface area contributed by atoms with Gasteiger partial charge in [-0.15, -0.1) is 0 Å². The third-order valence-electron chi connectivity index (χ3n) is 2.10. The number of carbonyl (C=O) groups is 1. The van der Waals surface area contributed by atoms with E-state index in [1.54, 1.807) is 0 Å². The van der Waals surface area contributed by atoms with Crippen molar-refractivity contribution in [2.75, 3.05) is 12.3 Å². The summed E-state index contributed by atoms with van der Waals surface area (Å²) < 4.78 is 2.09. The summed E-state index contributed by atoms with van der Waals surface area (Å²) in [6.07, 6.45) is 1.87. The lowest BCUT2D eigenvalue weighted by molar-refractivity contribution is 0.0948. The van der Waals surface area contributed by atoms with E-state index in [1.807, 2.05) is 41.7 Å². The van der Waals surface area contributed by atoms with Crippen molar-refractivity contribution >= 4 is 17.7 Å². The average Bonchev–Trinajstić information content (AvgIpc) is 2.57. The summed E-state index contributed by atoms with van der Waals surface area (Å²) >= 11 is 1.86. The molecule has 1 aromatic heterocycles. The Morgan fingerprint density at radius 2 is 2.19 bits per heavy atom. The van der Waals surface area contributed by atoms with Crippen LogP contribution in [-0.4, -0.2) is 27.5 Å². The van der Waals surface area contributed by atoms with E-state index in [0.717, 1.165) is 5.75 Å². The van der Waals surface area contributed by atoms with Gasteiger partial charge in [-0.3, -0.25) is 4.79 Å². The minimum atomic E-state index is 0.00186. The minimum absolute atomic E-state index is 0.00186. The van der Waals surface area contributed by atoms with Crippen molar-refractivity contribution in [2.24, 2.45) is 7.05 Å². The molecule has 0 aromatic carbocycles. The van der Waals surface area contributed by atoms with Gasteiger partial charge in [-0.2, -0.15) is 11.8 Å². The van der Waals surface area contributed by atoms with Crippen LogP contribution in [0.3, 0.4) is 0 Å². The zero-order valence-corrected chi connectivity index (χ0v) is 11.2. The summed E-state index contributed by atoms with van der Waals surface area (Å²) in [5.74, 6) is 0.946. The van der Waals surface area contributed by atoms with Crippen molar-refractivity contribution in [3.8, 4) is 0 Å². The zero-order valence-electron chi connectivity index (χ0n) is 10.4. The Bertz CT molecular complexity index is 352. The molecule has 0 bridgehead atoms. The van der Waals surface area contributed by atoms with Crippen molar-refractivity contribution in [2.45, 2.75) is 25.5 Å². The fraction of sp³-hybridized carbons (Fsp3) is 0.583. The van der Waals surface area contributed by atoms with Crippen LogP contribution in [0.15, 0.2) is 18.3 Å². The summed E-state index contributed by atoms with van der Waals surface area (Å²) in [6, 6.07) is 3.70. The summed E-state index contributed by atoms with van der Waals surface area (Å²) in [4.78, 5) is 11.7. The second-order valence-corrected chi connectivity index (χ2v) is 6.64. The van der Waals surface area contributed by atoms with Crippen LogP contribution in [0.5, 0.6) is 0 Å². The maximum absolute atomic E-state index is 11.7. The van der Waals surface area contributed by atoms with Crippen molar-refractivity contribution in [3.63, 3.8) is 0 Å². The number of nitrogens with one attached hydrogen (secondary N) is 1. The molecule has 0 fully saturated rings. The normalized spacial score (nSPS) is 11.5. The van der Waals surface area contributed by atoms with Gasteiger partial charge in [0.2, 0.25) is 0 Å². The lowest BCUT2D eigenvalue weighted by Crippen LogP contribution is -2.28. The van der Waals surface area contributed by atoms with Gasteiger partial charge >= 0.3 is 0 Å². The number of aryl methyl sites for hydroxylation is 1. The Morgan fingerprint density at radius 3 is 2.69 bits per heavy atom. The second kappa shape index (κ2) is 5.43. The Morgan fingerprint density at radius 1 is 1.50 bits per heavy atom. The van der Waals surface area contributed by atoms with Crippen molar-refractivity contribution in [3.05, 3.63) is 24.0 Å². The smallest absolute Gasteiger partial charge is 0.267 e. The number of thioether (sulfide) groups is 1. The first-order valence-electron chi connectivity index (χ1n) is 5.43. The molecule has 1 N–H and O–H groups in total. The van der Waals surface area contributed by atoms with Gasteiger partial charge in [0.25, 0.3) is 5.91 Å². The predicted molar refractivity (Wildman–Crippen MR) is 70.0 cm³/mol. The molecule has 3 nitrogen and oxygen atoms in total. The van der Waals surface area contributed by atoms with Crippen LogP contribution in [0.4, 0.5) is 0 Å². The van der Waals surface area contributed by atoms with Gasteiger partial charge in [0.05, 0.1) is 0 Å². The van der Waals surface area contributed by atoms with Crippen LogP contribution in [0.25, 0.3) is 0 Å². The topological polar surface area (TPSA) is 34.0 Å². The zero-order chi connectivity index (χ0) is 12.2.